The summed E-state index contributed by atoms with van der Waals surface area (Å²) in [4.78, 5) is 30.1. The summed E-state index contributed by atoms with van der Waals surface area (Å²) in [7, 11) is 0. The maximum absolute atomic E-state index is 12.1. The summed E-state index contributed by atoms with van der Waals surface area (Å²) in [6, 6.07) is 0. The summed E-state index contributed by atoms with van der Waals surface area (Å²) in [5.74, 6) is 0.317. The van der Waals surface area contributed by atoms with Gasteiger partial charge in [0, 0.05) is 37.9 Å². The minimum Gasteiger partial charge on any atom is -0.355 e. The standard InChI is InChI=1S/C15H23N3O2S/c1-10(2)7-18-8-12(6-14(18)19)15(20)16-5-4-13-9-21-11(3)17-13/h9-10,12H,4-8H2,1-3H3,(H,16,20). The van der Waals surface area contributed by atoms with Crippen molar-refractivity contribution in [1.29, 1.82) is 0 Å². The molecule has 5 nitrogen and oxygen atoms in total. The van der Waals surface area contributed by atoms with E-state index in [1.54, 1.807) is 16.2 Å². The lowest BCUT2D eigenvalue weighted by Crippen LogP contribution is -2.35. The van der Waals surface area contributed by atoms with Crippen LogP contribution >= 0.6 is 11.3 Å². The van der Waals surface area contributed by atoms with Gasteiger partial charge in [-0.05, 0) is 12.8 Å². The van der Waals surface area contributed by atoms with Gasteiger partial charge in [0.1, 0.15) is 0 Å². The predicted octanol–water partition coefficient (Wildman–Crippen LogP) is 1.61. The molecule has 0 radical (unpaired) electrons. The first-order chi connectivity index (χ1) is 9.95. The lowest BCUT2D eigenvalue weighted by Gasteiger charge is -2.18. The number of rotatable bonds is 6. The molecule has 0 aliphatic carbocycles. The third-order valence-electron chi connectivity index (χ3n) is 3.52. The molecule has 2 amide bonds. The van der Waals surface area contributed by atoms with Crippen LogP contribution in [0, 0.1) is 18.8 Å². The molecule has 1 N–H and O–H groups in total. The first kappa shape index (κ1) is 15.9. The predicted molar refractivity (Wildman–Crippen MR) is 83.1 cm³/mol. The number of nitrogens with zero attached hydrogens (tertiary/aromatic N) is 2. The highest BCUT2D eigenvalue weighted by atomic mass is 32.1. The van der Waals surface area contributed by atoms with Gasteiger partial charge in [0.15, 0.2) is 0 Å². The van der Waals surface area contributed by atoms with Crippen LogP contribution in [0.1, 0.15) is 31.0 Å². The molecule has 1 unspecified atom stereocenters. The average Bonchev–Trinajstić information content (AvgIpc) is 2.96. The lowest BCUT2D eigenvalue weighted by atomic mass is 10.1. The quantitative estimate of drug-likeness (QED) is 0.868. The number of amides is 2. The SMILES string of the molecule is Cc1nc(CCNC(=O)C2CC(=O)N(CC(C)C)C2)cs1. The number of aryl methyl sites for hydroxylation is 1. The molecule has 2 heterocycles. The fourth-order valence-electron chi connectivity index (χ4n) is 2.55. The maximum atomic E-state index is 12.1. The van der Waals surface area contributed by atoms with Crippen LogP contribution < -0.4 is 5.32 Å². The van der Waals surface area contributed by atoms with Gasteiger partial charge < -0.3 is 10.2 Å². The summed E-state index contributed by atoms with van der Waals surface area (Å²) >= 11 is 1.62. The number of nitrogens with one attached hydrogen (secondary N) is 1. The molecule has 1 aliphatic rings. The highest BCUT2D eigenvalue weighted by Gasteiger charge is 2.34. The fraction of sp³-hybridized carbons (Fsp3) is 0.667. The summed E-state index contributed by atoms with van der Waals surface area (Å²) in [6.45, 7) is 8.00. The van der Waals surface area contributed by atoms with Crippen LogP contribution in [0.2, 0.25) is 0 Å². The number of carbonyl (C=O) groups excluding carboxylic acids is 2. The van der Waals surface area contributed by atoms with E-state index in [2.05, 4.69) is 24.1 Å². The minimum absolute atomic E-state index is 0.0124. The molecule has 0 saturated carbocycles. The van der Waals surface area contributed by atoms with E-state index < -0.39 is 0 Å². The zero-order chi connectivity index (χ0) is 15.4. The molecule has 1 atom stereocenters. The van der Waals surface area contributed by atoms with E-state index in [0.29, 0.717) is 25.4 Å². The Morgan fingerprint density at radius 2 is 2.33 bits per heavy atom. The van der Waals surface area contributed by atoms with Crippen molar-refractivity contribution >= 4 is 23.2 Å². The van der Waals surface area contributed by atoms with Gasteiger partial charge in [0.25, 0.3) is 0 Å². The van der Waals surface area contributed by atoms with Crippen LogP contribution in [0.3, 0.4) is 0 Å². The van der Waals surface area contributed by atoms with Crippen molar-refractivity contribution < 1.29 is 9.59 Å². The lowest BCUT2D eigenvalue weighted by molar-refractivity contribution is -0.129. The highest BCUT2D eigenvalue weighted by molar-refractivity contribution is 7.09. The van der Waals surface area contributed by atoms with Gasteiger partial charge in [0.05, 0.1) is 16.6 Å². The van der Waals surface area contributed by atoms with Crippen LogP contribution in [-0.2, 0) is 16.0 Å². The largest absolute Gasteiger partial charge is 0.355 e. The van der Waals surface area contributed by atoms with Crippen molar-refractivity contribution in [2.24, 2.45) is 11.8 Å². The second-order valence-corrected chi connectivity index (χ2v) is 7.05. The summed E-state index contributed by atoms with van der Waals surface area (Å²) in [6.07, 6.45) is 1.08. The summed E-state index contributed by atoms with van der Waals surface area (Å²) in [5.41, 5.74) is 1.02. The van der Waals surface area contributed by atoms with Gasteiger partial charge in [-0.25, -0.2) is 4.98 Å². The number of thiazole rings is 1. The molecule has 1 aromatic heterocycles. The van der Waals surface area contributed by atoms with E-state index in [9.17, 15) is 9.59 Å². The van der Waals surface area contributed by atoms with E-state index in [1.807, 2.05) is 12.3 Å². The van der Waals surface area contributed by atoms with Crippen LogP contribution in [-0.4, -0.2) is 41.3 Å². The molecular weight excluding hydrogens is 286 g/mol. The fourth-order valence-corrected chi connectivity index (χ4v) is 3.19. The van der Waals surface area contributed by atoms with Gasteiger partial charge >= 0.3 is 0 Å². The number of likely N-dealkylation sites (tertiary alicyclic amines) is 1. The summed E-state index contributed by atoms with van der Waals surface area (Å²) < 4.78 is 0. The zero-order valence-electron chi connectivity index (χ0n) is 12.9. The number of hydrogen-bond acceptors (Lipinski definition) is 4. The topological polar surface area (TPSA) is 62.3 Å². The van der Waals surface area contributed by atoms with Crippen LogP contribution in [0.15, 0.2) is 5.38 Å². The smallest absolute Gasteiger partial charge is 0.225 e. The van der Waals surface area contributed by atoms with Crippen molar-refractivity contribution in [3.63, 3.8) is 0 Å². The van der Waals surface area contributed by atoms with Gasteiger partial charge in [-0.2, -0.15) is 0 Å². The molecule has 2 rings (SSSR count). The third kappa shape index (κ3) is 4.52. The van der Waals surface area contributed by atoms with Crippen LogP contribution in [0.25, 0.3) is 0 Å². The Balaban J connectivity index is 1.75. The summed E-state index contributed by atoms with van der Waals surface area (Å²) in [5, 5.41) is 5.99. The molecule has 0 spiro atoms. The Hall–Kier alpha value is -1.43. The molecule has 1 fully saturated rings. The van der Waals surface area contributed by atoms with Gasteiger partial charge in [-0.1, -0.05) is 13.8 Å². The van der Waals surface area contributed by atoms with Gasteiger partial charge in [-0.15, -0.1) is 11.3 Å². The Kier molecular flexibility index (Phi) is 5.33. The molecule has 0 bridgehead atoms. The minimum atomic E-state index is -0.201. The Morgan fingerprint density at radius 3 is 2.95 bits per heavy atom. The molecule has 116 valence electrons. The monoisotopic (exact) mass is 309 g/mol. The third-order valence-corrected chi connectivity index (χ3v) is 4.34. The second kappa shape index (κ2) is 7.02. The van der Waals surface area contributed by atoms with E-state index in [1.165, 1.54) is 0 Å². The maximum Gasteiger partial charge on any atom is 0.225 e. The van der Waals surface area contributed by atoms with Crippen molar-refractivity contribution in [3.8, 4) is 0 Å². The molecule has 1 aromatic rings. The molecule has 0 aromatic carbocycles. The zero-order valence-corrected chi connectivity index (χ0v) is 13.7. The van der Waals surface area contributed by atoms with E-state index >= 15 is 0 Å². The Bertz CT molecular complexity index is 513. The van der Waals surface area contributed by atoms with Crippen LogP contribution in [0.4, 0.5) is 0 Å². The number of carbonyl (C=O) groups is 2. The normalized spacial score (nSPS) is 18.6. The van der Waals surface area contributed by atoms with Crippen molar-refractivity contribution in [1.82, 2.24) is 15.2 Å². The van der Waals surface area contributed by atoms with Gasteiger partial charge in [0.2, 0.25) is 11.8 Å². The van der Waals surface area contributed by atoms with Gasteiger partial charge in [-0.3, -0.25) is 9.59 Å². The average molecular weight is 309 g/mol. The second-order valence-electron chi connectivity index (χ2n) is 5.99. The van der Waals surface area contributed by atoms with Crippen molar-refractivity contribution in [2.75, 3.05) is 19.6 Å². The number of hydrogen-bond donors (Lipinski definition) is 1. The van der Waals surface area contributed by atoms with Crippen LogP contribution in [0.5, 0.6) is 0 Å². The Morgan fingerprint density at radius 1 is 1.57 bits per heavy atom. The number of aromatic nitrogens is 1. The highest BCUT2D eigenvalue weighted by Crippen LogP contribution is 2.19. The Labute approximate surface area is 129 Å². The first-order valence-corrected chi connectivity index (χ1v) is 8.30. The van der Waals surface area contributed by atoms with Crippen molar-refractivity contribution in [2.45, 2.75) is 33.6 Å². The molecule has 1 aliphatic heterocycles. The molecule has 6 heteroatoms. The molecule has 1 saturated heterocycles. The van der Waals surface area contributed by atoms with Crippen molar-refractivity contribution in [3.05, 3.63) is 16.1 Å². The molecule has 21 heavy (non-hydrogen) atoms. The van der Waals surface area contributed by atoms with E-state index in [4.69, 9.17) is 0 Å². The first-order valence-electron chi connectivity index (χ1n) is 7.42. The van der Waals surface area contributed by atoms with E-state index in [-0.39, 0.29) is 17.7 Å². The molecular formula is C15H23N3O2S. The van der Waals surface area contributed by atoms with E-state index in [0.717, 1.165) is 23.7 Å².